The Morgan fingerprint density at radius 3 is 2.48 bits per heavy atom. The second kappa shape index (κ2) is 6.96. The van der Waals surface area contributed by atoms with Crippen LogP contribution in [0.2, 0.25) is 0 Å². The lowest BCUT2D eigenvalue weighted by atomic mass is 10.2. The van der Waals surface area contributed by atoms with E-state index in [4.69, 9.17) is 0 Å². The summed E-state index contributed by atoms with van der Waals surface area (Å²) in [6, 6.07) is 10.2. The molecule has 0 spiro atoms. The van der Waals surface area contributed by atoms with E-state index in [1.165, 1.54) is 5.56 Å². The third-order valence-electron chi connectivity index (χ3n) is 4.62. The smallest absolute Gasteiger partial charge is 0.257 e. The second-order valence-corrected chi connectivity index (χ2v) is 6.01. The van der Waals surface area contributed by atoms with E-state index in [0.717, 1.165) is 44.0 Å². The van der Waals surface area contributed by atoms with E-state index in [-0.39, 0.29) is 5.91 Å². The Balaban J connectivity index is 1.70. The lowest BCUT2D eigenvalue weighted by Crippen LogP contribution is -2.48. The number of carbonyl (C=O) groups excluding carboxylic acids is 1. The molecule has 2 aromatic rings. The Morgan fingerprint density at radius 2 is 1.83 bits per heavy atom. The van der Waals surface area contributed by atoms with Crippen molar-refractivity contribution < 1.29 is 4.79 Å². The zero-order valence-corrected chi connectivity index (χ0v) is 13.9. The van der Waals surface area contributed by atoms with Gasteiger partial charge in [-0.3, -0.25) is 9.48 Å². The molecule has 0 atom stereocenters. The summed E-state index contributed by atoms with van der Waals surface area (Å²) < 4.78 is 1.91. The van der Waals surface area contributed by atoms with Gasteiger partial charge in [-0.2, -0.15) is 5.10 Å². The molecule has 3 rings (SSSR count). The summed E-state index contributed by atoms with van der Waals surface area (Å²) in [5, 5.41) is 4.42. The van der Waals surface area contributed by atoms with Gasteiger partial charge in [0.2, 0.25) is 0 Å². The van der Waals surface area contributed by atoms with Crippen molar-refractivity contribution in [2.45, 2.75) is 20.4 Å². The first-order chi connectivity index (χ1) is 11.2. The fourth-order valence-electron chi connectivity index (χ4n) is 3.01. The van der Waals surface area contributed by atoms with Crippen molar-refractivity contribution in [3.63, 3.8) is 0 Å². The number of likely N-dealkylation sites (N-methyl/N-ethyl adjacent to an activating group) is 1. The molecule has 1 fully saturated rings. The maximum absolute atomic E-state index is 12.7. The average Bonchev–Trinajstić information content (AvgIpc) is 2.96. The Morgan fingerprint density at radius 1 is 1.13 bits per heavy atom. The molecule has 5 heteroatoms. The van der Waals surface area contributed by atoms with E-state index < -0.39 is 0 Å². The molecule has 0 unspecified atom stereocenters. The summed E-state index contributed by atoms with van der Waals surface area (Å²) in [6.07, 6.45) is 1.72. The van der Waals surface area contributed by atoms with Gasteiger partial charge < -0.3 is 9.80 Å². The van der Waals surface area contributed by atoms with Gasteiger partial charge >= 0.3 is 0 Å². The van der Waals surface area contributed by atoms with Crippen molar-refractivity contribution >= 4 is 5.91 Å². The molecule has 5 nitrogen and oxygen atoms in total. The normalized spacial score (nSPS) is 15.8. The van der Waals surface area contributed by atoms with E-state index in [0.29, 0.717) is 6.54 Å². The van der Waals surface area contributed by atoms with Crippen molar-refractivity contribution in [3.05, 3.63) is 53.3 Å². The molecule has 0 radical (unpaired) electrons. The molecule has 1 aromatic heterocycles. The summed E-state index contributed by atoms with van der Waals surface area (Å²) >= 11 is 0. The summed E-state index contributed by atoms with van der Waals surface area (Å²) in [5.74, 6) is 0.109. The maximum atomic E-state index is 12.7. The first-order valence-corrected chi connectivity index (χ1v) is 8.27. The quantitative estimate of drug-likeness (QED) is 0.867. The zero-order valence-electron chi connectivity index (χ0n) is 13.9. The van der Waals surface area contributed by atoms with Crippen molar-refractivity contribution in [1.29, 1.82) is 0 Å². The van der Waals surface area contributed by atoms with Crippen molar-refractivity contribution in [1.82, 2.24) is 19.6 Å². The van der Waals surface area contributed by atoms with Crippen molar-refractivity contribution in [2.24, 2.45) is 0 Å². The number of carbonyl (C=O) groups is 1. The van der Waals surface area contributed by atoms with Crippen LogP contribution in [-0.4, -0.2) is 58.2 Å². The van der Waals surface area contributed by atoms with Gasteiger partial charge in [-0.1, -0.05) is 37.3 Å². The van der Waals surface area contributed by atoms with Crippen LogP contribution in [-0.2, 0) is 6.54 Å². The molecule has 1 saturated heterocycles. The lowest BCUT2D eigenvalue weighted by molar-refractivity contribution is 0.0642. The number of hydrogen-bond donors (Lipinski definition) is 0. The van der Waals surface area contributed by atoms with Crippen LogP contribution < -0.4 is 0 Å². The highest BCUT2D eigenvalue weighted by Crippen LogP contribution is 2.14. The monoisotopic (exact) mass is 312 g/mol. The summed E-state index contributed by atoms with van der Waals surface area (Å²) in [5.41, 5.74) is 2.86. The molecular formula is C18H24N4O. The van der Waals surface area contributed by atoms with E-state index in [1.807, 2.05) is 34.7 Å². The molecule has 2 heterocycles. The fourth-order valence-corrected chi connectivity index (χ4v) is 3.01. The predicted molar refractivity (Wildman–Crippen MR) is 90.5 cm³/mol. The van der Waals surface area contributed by atoms with Crippen molar-refractivity contribution in [3.8, 4) is 0 Å². The zero-order chi connectivity index (χ0) is 16.2. The number of benzene rings is 1. The van der Waals surface area contributed by atoms with Crippen molar-refractivity contribution in [2.75, 3.05) is 32.7 Å². The highest BCUT2D eigenvalue weighted by atomic mass is 16.2. The Kier molecular flexibility index (Phi) is 4.76. The fraction of sp³-hybridized carbons (Fsp3) is 0.444. The van der Waals surface area contributed by atoms with Gasteiger partial charge in [0.1, 0.15) is 0 Å². The summed E-state index contributed by atoms with van der Waals surface area (Å²) in [7, 11) is 0. The van der Waals surface area contributed by atoms with Crippen LogP contribution in [0.15, 0.2) is 36.5 Å². The maximum Gasteiger partial charge on any atom is 0.257 e. The molecule has 0 saturated carbocycles. The van der Waals surface area contributed by atoms with Crippen LogP contribution >= 0.6 is 0 Å². The highest BCUT2D eigenvalue weighted by Gasteiger charge is 2.24. The number of nitrogens with zero attached hydrogens (tertiary/aromatic N) is 4. The van der Waals surface area contributed by atoms with Crippen LogP contribution in [0.1, 0.15) is 28.5 Å². The Bertz CT molecular complexity index is 657. The van der Waals surface area contributed by atoms with E-state index >= 15 is 0 Å². The topological polar surface area (TPSA) is 41.4 Å². The number of aromatic nitrogens is 2. The van der Waals surface area contributed by atoms with E-state index in [1.54, 1.807) is 6.20 Å². The molecule has 0 N–H and O–H groups in total. The third kappa shape index (κ3) is 3.45. The minimum atomic E-state index is 0.109. The molecule has 23 heavy (non-hydrogen) atoms. The minimum Gasteiger partial charge on any atom is -0.336 e. The van der Waals surface area contributed by atoms with E-state index in [9.17, 15) is 4.79 Å². The number of amides is 1. The first-order valence-electron chi connectivity index (χ1n) is 8.27. The highest BCUT2D eigenvalue weighted by molar-refractivity contribution is 5.95. The van der Waals surface area contributed by atoms with Gasteiger partial charge in [-0.15, -0.1) is 0 Å². The number of piperazine rings is 1. The van der Waals surface area contributed by atoms with E-state index in [2.05, 4.69) is 29.1 Å². The first kappa shape index (κ1) is 15.7. The molecule has 0 aliphatic carbocycles. The SMILES string of the molecule is CCN1CCN(C(=O)c2cnn(Cc3ccccc3)c2C)CC1. The average molecular weight is 312 g/mol. The van der Waals surface area contributed by atoms with Crippen LogP contribution in [0.5, 0.6) is 0 Å². The Labute approximate surface area is 137 Å². The number of hydrogen-bond acceptors (Lipinski definition) is 3. The molecule has 1 aliphatic heterocycles. The van der Waals surface area contributed by atoms with Gasteiger partial charge in [0.05, 0.1) is 18.3 Å². The van der Waals surface area contributed by atoms with Gasteiger partial charge in [0, 0.05) is 31.9 Å². The Hall–Kier alpha value is -2.14. The molecule has 1 aliphatic rings. The minimum absolute atomic E-state index is 0.109. The molecule has 0 bridgehead atoms. The standard InChI is InChI=1S/C18H24N4O/c1-3-20-9-11-21(12-10-20)18(23)17-13-19-22(15(17)2)14-16-7-5-4-6-8-16/h4-8,13H,3,9-12,14H2,1-2H3. The van der Waals surface area contributed by atoms with Gasteiger partial charge in [-0.25, -0.2) is 0 Å². The summed E-state index contributed by atoms with van der Waals surface area (Å²) in [4.78, 5) is 17.1. The molecule has 1 aromatic carbocycles. The van der Waals surface area contributed by atoms with Crippen LogP contribution in [0.3, 0.4) is 0 Å². The van der Waals surface area contributed by atoms with Crippen LogP contribution in [0.25, 0.3) is 0 Å². The number of rotatable bonds is 4. The lowest BCUT2D eigenvalue weighted by Gasteiger charge is -2.34. The predicted octanol–water partition coefficient (Wildman–Crippen LogP) is 2.02. The molecular weight excluding hydrogens is 288 g/mol. The van der Waals surface area contributed by atoms with Crippen LogP contribution in [0, 0.1) is 6.92 Å². The van der Waals surface area contributed by atoms with Gasteiger partial charge in [0.15, 0.2) is 0 Å². The van der Waals surface area contributed by atoms with Crippen LogP contribution in [0.4, 0.5) is 0 Å². The van der Waals surface area contributed by atoms with Gasteiger partial charge in [-0.05, 0) is 19.0 Å². The largest absolute Gasteiger partial charge is 0.336 e. The molecule has 122 valence electrons. The van der Waals surface area contributed by atoms with Gasteiger partial charge in [0.25, 0.3) is 5.91 Å². The summed E-state index contributed by atoms with van der Waals surface area (Å²) in [6.45, 7) is 9.41. The third-order valence-corrected chi connectivity index (χ3v) is 4.62. The second-order valence-electron chi connectivity index (χ2n) is 6.01. The molecule has 1 amide bonds.